The number of nitrogens with zero attached hydrogens (tertiary/aromatic N) is 2. The smallest absolute Gasteiger partial charge is 0.265 e. The molecule has 0 atom stereocenters. The fraction of sp³-hybridized carbons (Fsp3) is 0.636. The normalized spacial score (nSPS) is 11.4. The molecule has 0 aliphatic rings. The van der Waals surface area contributed by atoms with E-state index in [9.17, 15) is 4.79 Å². The molecule has 0 amide bonds. The van der Waals surface area contributed by atoms with Gasteiger partial charge in [0, 0.05) is 13.0 Å². The second-order valence-electron chi connectivity index (χ2n) is 4.42. The molecular weight excluding hydrogens is 270 g/mol. The van der Waals surface area contributed by atoms with E-state index in [4.69, 9.17) is 0 Å². The summed E-state index contributed by atoms with van der Waals surface area (Å²) in [4.78, 5) is 21.0. The van der Waals surface area contributed by atoms with Gasteiger partial charge in [-0.3, -0.25) is 4.79 Å². The molecule has 4 nitrogen and oxygen atoms in total. The van der Waals surface area contributed by atoms with E-state index in [1.54, 1.807) is 0 Å². The molecule has 0 aliphatic carbocycles. The van der Waals surface area contributed by atoms with Crippen molar-refractivity contribution in [3.05, 3.63) is 26.3 Å². The van der Waals surface area contributed by atoms with Gasteiger partial charge in [0.05, 0.1) is 5.69 Å². The van der Waals surface area contributed by atoms with Gasteiger partial charge in [0.25, 0.3) is 5.56 Å². The molecule has 0 aliphatic heterocycles. The zero-order valence-electron chi connectivity index (χ0n) is 10.2. The lowest BCUT2D eigenvalue weighted by Gasteiger charge is -2.11. The fourth-order valence-electron chi connectivity index (χ4n) is 1.36. The van der Waals surface area contributed by atoms with E-state index < -0.39 is 0 Å². The van der Waals surface area contributed by atoms with Crippen LogP contribution >= 0.6 is 15.9 Å². The SMILES string of the molecule is CC(C)c1nc(CCN(C)C)[nH]c(=O)c1Br. The van der Waals surface area contributed by atoms with E-state index in [1.807, 2.05) is 27.9 Å². The van der Waals surface area contributed by atoms with Crippen LogP contribution in [0.25, 0.3) is 0 Å². The van der Waals surface area contributed by atoms with Crippen molar-refractivity contribution in [1.29, 1.82) is 0 Å². The molecule has 0 aromatic carbocycles. The van der Waals surface area contributed by atoms with Crippen LogP contribution in [0.15, 0.2) is 9.27 Å². The Morgan fingerprint density at radius 1 is 1.44 bits per heavy atom. The average Bonchev–Trinajstić information content (AvgIpc) is 2.19. The van der Waals surface area contributed by atoms with E-state index >= 15 is 0 Å². The number of aromatic nitrogens is 2. The summed E-state index contributed by atoms with van der Waals surface area (Å²) in [7, 11) is 4.00. The van der Waals surface area contributed by atoms with Crippen molar-refractivity contribution in [3.8, 4) is 0 Å². The van der Waals surface area contributed by atoms with E-state index in [1.165, 1.54) is 0 Å². The maximum absolute atomic E-state index is 11.7. The molecule has 0 fully saturated rings. The standard InChI is InChI=1S/C11H18BrN3O/c1-7(2)10-9(12)11(16)14-8(13-10)5-6-15(3)4/h7H,5-6H2,1-4H3,(H,13,14,16). The third-order valence-corrected chi connectivity index (χ3v) is 3.05. The number of likely N-dealkylation sites (N-methyl/N-ethyl adjacent to an activating group) is 1. The third-order valence-electron chi connectivity index (χ3n) is 2.28. The molecule has 90 valence electrons. The van der Waals surface area contributed by atoms with Crippen LogP contribution in [-0.4, -0.2) is 35.5 Å². The summed E-state index contributed by atoms with van der Waals surface area (Å²) in [6.45, 7) is 4.94. The van der Waals surface area contributed by atoms with Crippen LogP contribution in [0.3, 0.4) is 0 Å². The number of aromatic amines is 1. The minimum Gasteiger partial charge on any atom is -0.310 e. The highest BCUT2D eigenvalue weighted by Crippen LogP contribution is 2.18. The zero-order chi connectivity index (χ0) is 12.3. The summed E-state index contributed by atoms with van der Waals surface area (Å²) in [6, 6.07) is 0. The van der Waals surface area contributed by atoms with Crippen molar-refractivity contribution in [3.63, 3.8) is 0 Å². The quantitative estimate of drug-likeness (QED) is 0.918. The van der Waals surface area contributed by atoms with Crippen LogP contribution in [0.1, 0.15) is 31.3 Å². The monoisotopic (exact) mass is 287 g/mol. The zero-order valence-corrected chi connectivity index (χ0v) is 11.8. The van der Waals surface area contributed by atoms with Crippen LogP contribution in [0.4, 0.5) is 0 Å². The minimum absolute atomic E-state index is 0.0903. The number of hydrogen-bond acceptors (Lipinski definition) is 3. The number of halogens is 1. The molecule has 1 aromatic rings. The lowest BCUT2D eigenvalue weighted by Crippen LogP contribution is -2.21. The maximum Gasteiger partial charge on any atom is 0.265 e. The van der Waals surface area contributed by atoms with Crippen molar-refractivity contribution in [2.45, 2.75) is 26.2 Å². The first-order valence-corrected chi connectivity index (χ1v) is 6.14. The van der Waals surface area contributed by atoms with Gasteiger partial charge in [0.1, 0.15) is 10.3 Å². The first-order valence-electron chi connectivity index (χ1n) is 5.35. The summed E-state index contributed by atoms with van der Waals surface area (Å²) in [5.74, 6) is 1.00. The predicted octanol–water partition coefficient (Wildman–Crippen LogP) is 1.76. The molecule has 0 saturated carbocycles. The Labute approximate surface area is 104 Å². The van der Waals surface area contributed by atoms with Crippen molar-refractivity contribution >= 4 is 15.9 Å². The predicted molar refractivity (Wildman–Crippen MR) is 68.9 cm³/mol. The van der Waals surface area contributed by atoms with Crippen molar-refractivity contribution < 1.29 is 0 Å². The summed E-state index contributed by atoms with van der Waals surface area (Å²) in [5.41, 5.74) is 0.741. The first-order chi connectivity index (χ1) is 7.41. The lowest BCUT2D eigenvalue weighted by atomic mass is 10.1. The van der Waals surface area contributed by atoms with Gasteiger partial charge in [-0.25, -0.2) is 4.98 Å². The highest BCUT2D eigenvalue weighted by molar-refractivity contribution is 9.10. The van der Waals surface area contributed by atoms with Gasteiger partial charge in [-0.15, -0.1) is 0 Å². The van der Waals surface area contributed by atoms with E-state index in [2.05, 4.69) is 30.8 Å². The van der Waals surface area contributed by atoms with Crippen LogP contribution in [0.5, 0.6) is 0 Å². The van der Waals surface area contributed by atoms with Crippen LogP contribution in [-0.2, 0) is 6.42 Å². The molecule has 16 heavy (non-hydrogen) atoms. The Bertz CT molecular complexity index is 412. The Hall–Kier alpha value is -0.680. The van der Waals surface area contributed by atoms with Gasteiger partial charge in [-0.1, -0.05) is 13.8 Å². The number of hydrogen-bond donors (Lipinski definition) is 1. The summed E-state index contributed by atoms with van der Waals surface area (Å²) in [6.07, 6.45) is 0.759. The van der Waals surface area contributed by atoms with Crippen LogP contribution in [0, 0.1) is 0 Å². The average molecular weight is 288 g/mol. The number of H-pyrrole nitrogens is 1. The first kappa shape index (κ1) is 13.4. The van der Waals surface area contributed by atoms with Gasteiger partial charge in [0.2, 0.25) is 0 Å². The number of nitrogens with one attached hydrogen (secondary N) is 1. The fourth-order valence-corrected chi connectivity index (χ4v) is 2.00. The summed E-state index contributed by atoms with van der Waals surface area (Å²) < 4.78 is 0.552. The Morgan fingerprint density at radius 2 is 2.06 bits per heavy atom. The van der Waals surface area contributed by atoms with Gasteiger partial charge in [-0.05, 0) is 35.9 Å². The Balaban J connectivity index is 3.00. The molecule has 1 N–H and O–H groups in total. The maximum atomic E-state index is 11.7. The van der Waals surface area contributed by atoms with E-state index in [0.717, 1.165) is 24.5 Å². The van der Waals surface area contributed by atoms with Crippen molar-refractivity contribution in [1.82, 2.24) is 14.9 Å². The van der Waals surface area contributed by atoms with Gasteiger partial charge in [0.15, 0.2) is 0 Å². The highest BCUT2D eigenvalue weighted by Gasteiger charge is 2.11. The minimum atomic E-state index is -0.0903. The third kappa shape index (κ3) is 3.42. The molecule has 0 unspecified atom stereocenters. The Kier molecular flexibility index (Phi) is 4.68. The van der Waals surface area contributed by atoms with Gasteiger partial charge in [-0.2, -0.15) is 0 Å². The lowest BCUT2D eigenvalue weighted by molar-refractivity contribution is 0.409. The molecule has 5 heteroatoms. The van der Waals surface area contributed by atoms with Gasteiger partial charge >= 0.3 is 0 Å². The summed E-state index contributed by atoms with van der Waals surface area (Å²) >= 11 is 3.28. The van der Waals surface area contributed by atoms with Crippen molar-refractivity contribution in [2.75, 3.05) is 20.6 Å². The van der Waals surface area contributed by atoms with Crippen LogP contribution in [0.2, 0.25) is 0 Å². The second-order valence-corrected chi connectivity index (χ2v) is 5.21. The molecular formula is C11H18BrN3O. The largest absolute Gasteiger partial charge is 0.310 e. The summed E-state index contributed by atoms with van der Waals surface area (Å²) in [5, 5.41) is 0. The highest BCUT2D eigenvalue weighted by atomic mass is 79.9. The van der Waals surface area contributed by atoms with Gasteiger partial charge < -0.3 is 9.88 Å². The van der Waals surface area contributed by atoms with Crippen molar-refractivity contribution in [2.24, 2.45) is 0 Å². The molecule has 1 rings (SSSR count). The molecule has 0 spiro atoms. The molecule has 1 aromatic heterocycles. The Morgan fingerprint density at radius 3 is 2.56 bits per heavy atom. The molecule has 0 radical (unpaired) electrons. The second kappa shape index (κ2) is 5.59. The topological polar surface area (TPSA) is 49.0 Å². The molecule has 0 bridgehead atoms. The van der Waals surface area contributed by atoms with Crippen LogP contribution < -0.4 is 5.56 Å². The molecule has 0 saturated heterocycles. The molecule has 1 heterocycles. The van der Waals surface area contributed by atoms with E-state index in [-0.39, 0.29) is 11.5 Å². The van der Waals surface area contributed by atoms with E-state index in [0.29, 0.717) is 4.47 Å². The number of rotatable bonds is 4.